The number of esters is 2. The van der Waals surface area contributed by atoms with Gasteiger partial charge < -0.3 is 34.3 Å². The average molecular weight is 739 g/mol. The summed E-state index contributed by atoms with van der Waals surface area (Å²) in [5.74, 6) is -2.91. The van der Waals surface area contributed by atoms with E-state index in [1.165, 1.54) is 13.2 Å². The SMILES string of the molecule is C=CCOCCC[C@@H]1CNC(=O)[C@@H](Cc2ccc(OC)c(Cl)c2)NC(=O)/C=C/C[C@@H]([C@H](C)[C@H]2O[C@@H]2c2ccccc2)OC(=O)[C@H](CC(C)C)OC1=O. The van der Waals surface area contributed by atoms with Crippen molar-refractivity contribution in [1.82, 2.24) is 10.6 Å². The standard InChI is InChI=1S/C40H51ClN2O9/c1-6-19-49-20-11-14-29-24-42-38(45)31(23-27-17-18-33(48-5)30(41)22-27)43-35(44)16-10-15-32(50-40(47)34(21-25(2)3)51-39(29)46)26(4)36-37(52-36)28-12-8-7-9-13-28/h6-10,12-13,16-18,22,25-26,29,31-32,34,36-37H,1,11,14-15,19-21,23-24H2,2-5H3,(H,42,45)(H,43,44)/b16-10+/t26-,29+,31+,32-,34-,36+,37+/m0/s1. The molecule has 2 aromatic carbocycles. The lowest BCUT2D eigenvalue weighted by atomic mass is 9.93. The first-order chi connectivity index (χ1) is 25.0. The van der Waals surface area contributed by atoms with Crippen molar-refractivity contribution in [2.45, 2.75) is 83.3 Å². The molecule has 2 amide bonds. The van der Waals surface area contributed by atoms with Crippen LogP contribution < -0.4 is 15.4 Å². The Morgan fingerprint density at radius 2 is 1.81 bits per heavy atom. The van der Waals surface area contributed by atoms with Gasteiger partial charge in [0.05, 0.1) is 30.8 Å². The number of epoxide rings is 1. The molecular formula is C40H51ClN2O9. The number of rotatable bonds is 14. The molecule has 282 valence electrons. The van der Waals surface area contributed by atoms with Gasteiger partial charge in [0.2, 0.25) is 11.8 Å². The summed E-state index contributed by atoms with van der Waals surface area (Å²) < 4.78 is 28.8. The maximum atomic E-state index is 13.8. The van der Waals surface area contributed by atoms with E-state index in [0.29, 0.717) is 42.4 Å². The van der Waals surface area contributed by atoms with Crippen LogP contribution in [0.2, 0.25) is 5.02 Å². The fourth-order valence-corrected chi connectivity index (χ4v) is 6.44. The largest absolute Gasteiger partial charge is 0.495 e. The summed E-state index contributed by atoms with van der Waals surface area (Å²) in [6.45, 7) is 10.1. The summed E-state index contributed by atoms with van der Waals surface area (Å²) in [6.07, 6.45) is 3.67. The van der Waals surface area contributed by atoms with E-state index in [2.05, 4.69) is 17.2 Å². The van der Waals surface area contributed by atoms with Crippen LogP contribution in [0.5, 0.6) is 5.75 Å². The predicted molar refractivity (Wildman–Crippen MR) is 197 cm³/mol. The number of hydrogen-bond donors (Lipinski definition) is 2. The fourth-order valence-electron chi connectivity index (χ4n) is 6.16. The Bertz CT molecular complexity index is 1550. The van der Waals surface area contributed by atoms with Crippen LogP contribution in [0.15, 0.2) is 73.3 Å². The molecule has 1 fully saturated rings. The molecule has 7 atom stereocenters. The Balaban J connectivity index is 1.62. The summed E-state index contributed by atoms with van der Waals surface area (Å²) >= 11 is 6.36. The molecule has 2 aliphatic rings. The molecule has 4 rings (SSSR count). The number of nitrogens with one attached hydrogen (secondary N) is 2. The van der Waals surface area contributed by atoms with E-state index < -0.39 is 47.9 Å². The number of carbonyl (C=O) groups is 4. The third-order valence-corrected chi connectivity index (χ3v) is 9.39. The first-order valence-corrected chi connectivity index (χ1v) is 18.3. The molecule has 0 radical (unpaired) electrons. The highest BCUT2D eigenvalue weighted by Gasteiger charge is 2.47. The number of amides is 2. The Morgan fingerprint density at radius 3 is 2.50 bits per heavy atom. The van der Waals surface area contributed by atoms with Gasteiger partial charge >= 0.3 is 11.9 Å². The lowest BCUT2D eigenvalue weighted by Gasteiger charge is -2.27. The minimum atomic E-state index is -1.17. The molecule has 12 heteroatoms. The third kappa shape index (κ3) is 12.2. The molecule has 11 nitrogen and oxygen atoms in total. The summed E-state index contributed by atoms with van der Waals surface area (Å²) in [6, 6.07) is 13.9. The van der Waals surface area contributed by atoms with Gasteiger partial charge in [-0.15, -0.1) is 6.58 Å². The molecule has 2 heterocycles. The van der Waals surface area contributed by atoms with Crippen molar-refractivity contribution in [1.29, 1.82) is 0 Å². The van der Waals surface area contributed by atoms with Crippen LogP contribution in [0.25, 0.3) is 0 Å². The number of cyclic esters (lactones) is 2. The van der Waals surface area contributed by atoms with E-state index in [9.17, 15) is 19.2 Å². The summed E-state index contributed by atoms with van der Waals surface area (Å²) in [4.78, 5) is 54.5. The Kier molecular flexibility index (Phi) is 15.7. The highest BCUT2D eigenvalue weighted by atomic mass is 35.5. The van der Waals surface area contributed by atoms with Crippen LogP contribution in [-0.2, 0) is 44.5 Å². The number of benzene rings is 2. The topological polar surface area (TPSA) is 142 Å². The van der Waals surface area contributed by atoms with Crippen molar-refractivity contribution in [3.05, 3.63) is 89.5 Å². The molecule has 2 aliphatic heterocycles. The third-order valence-electron chi connectivity index (χ3n) is 9.09. The second-order valence-electron chi connectivity index (χ2n) is 13.6. The van der Waals surface area contributed by atoms with Crippen LogP contribution in [0.4, 0.5) is 0 Å². The number of ether oxygens (including phenoxy) is 5. The normalized spacial score (nSPS) is 25.7. The molecule has 52 heavy (non-hydrogen) atoms. The number of hydrogen-bond acceptors (Lipinski definition) is 9. The maximum absolute atomic E-state index is 13.8. The van der Waals surface area contributed by atoms with Crippen LogP contribution in [0.3, 0.4) is 0 Å². The van der Waals surface area contributed by atoms with Crippen molar-refractivity contribution < 1.29 is 42.9 Å². The van der Waals surface area contributed by atoms with Gasteiger partial charge in [-0.1, -0.05) is 80.9 Å². The summed E-state index contributed by atoms with van der Waals surface area (Å²) in [5, 5.41) is 5.98. The zero-order valence-electron chi connectivity index (χ0n) is 30.4. The van der Waals surface area contributed by atoms with Gasteiger partial charge in [-0.25, -0.2) is 4.79 Å². The van der Waals surface area contributed by atoms with Gasteiger partial charge in [0.15, 0.2) is 6.10 Å². The Morgan fingerprint density at radius 1 is 1.04 bits per heavy atom. The molecular weight excluding hydrogens is 688 g/mol. The smallest absolute Gasteiger partial charge is 0.347 e. The number of carbonyl (C=O) groups excluding carboxylic acids is 4. The molecule has 0 bridgehead atoms. The number of halogens is 1. The lowest BCUT2D eigenvalue weighted by molar-refractivity contribution is -0.176. The van der Waals surface area contributed by atoms with Crippen LogP contribution in [0, 0.1) is 17.8 Å². The van der Waals surface area contributed by atoms with Crippen molar-refractivity contribution in [3.8, 4) is 5.75 Å². The monoisotopic (exact) mass is 738 g/mol. The Labute approximate surface area is 311 Å². The molecule has 0 aromatic heterocycles. The minimum absolute atomic E-state index is 0.00214. The Hall–Kier alpha value is -4.19. The lowest BCUT2D eigenvalue weighted by Crippen LogP contribution is -2.49. The second kappa shape index (κ2) is 20.2. The number of methoxy groups -OCH3 is 1. The quantitative estimate of drug-likeness (QED) is 0.108. The molecule has 2 N–H and O–H groups in total. The highest BCUT2D eigenvalue weighted by molar-refractivity contribution is 6.32. The van der Waals surface area contributed by atoms with E-state index in [-0.39, 0.29) is 49.9 Å². The van der Waals surface area contributed by atoms with Gasteiger partial charge in [0, 0.05) is 31.9 Å². The van der Waals surface area contributed by atoms with Crippen molar-refractivity contribution >= 4 is 35.4 Å². The molecule has 0 spiro atoms. The van der Waals surface area contributed by atoms with E-state index >= 15 is 0 Å². The van der Waals surface area contributed by atoms with Crippen molar-refractivity contribution in [3.63, 3.8) is 0 Å². The zero-order chi connectivity index (χ0) is 37.6. The first kappa shape index (κ1) is 40.6. The molecule has 0 unspecified atom stereocenters. The zero-order valence-corrected chi connectivity index (χ0v) is 31.1. The summed E-state index contributed by atoms with van der Waals surface area (Å²) in [5.41, 5.74) is 1.71. The molecule has 1 saturated heterocycles. The predicted octanol–water partition coefficient (Wildman–Crippen LogP) is 5.70. The van der Waals surface area contributed by atoms with Crippen molar-refractivity contribution in [2.75, 3.05) is 26.9 Å². The van der Waals surface area contributed by atoms with E-state index in [1.807, 2.05) is 51.1 Å². The maximum Gasteiger partial charge on any atom is 0.347 e. The summed E-state index contributed by atoms with van der Waals surface area (Å²) in [7, 11) is 1.51. The second-order valence-corrected chi connectivity index (χ2v) is 14.0. The molecule has 2 aromatic rings. The fraction of sp³-hybridized carbons (Fsp3) is 0.500. The van der Waals surface area contributed by atoms with E-state index in [4.69, 9.17) is 35.3 Å². The van der Waals surface area contributed by atoms with Crippen LogP contribution in [0.1, 0.15) is 63.7 Å². The minimum Gasteiger partial charge on any atom is -0.495 e. The van der Waals surface area contributed by atoms with Gasteiger partial charge in [0.1, 0.15) is 24.0 Å². The molecule has 0 aliphatic carbocycles. The highest BCUT2D eigenvalue weighted by Crippen LogP contribution is 2.45. The van der Waals surface area contributed by atoms with Crippen LogP contribution in [-0.4, -0.2) is 75.0 Å². The van der Waals surface area contributed by atoms with Gasteiger partial charge in [0.25, 0.3) is 0 Å². The molecule has 0 saturated carbocycles. The van der Waals surface area contributed by atoms with Crippen molar-refractivity contribution in [2.24, 2.45) is 17.8 Å². The van der Waals surface area contributed by atoms with Gasteiger partial charge in [-0.05, 0) is 54.5 Å². The van der Waals surface area contributed by atoms with Gasteiger partial charge in [-0.3, -0.25) is 14.4 Å². The van der Waals surface area contributed by atoms with Gasteiger partial charge in [-0.2, -0.15) is 0 Å². The van der Waals surface area contributed by atoms with Crippen LogP contribution >= 0.6 is 11.6 Å². The average Bonchev–Trinajstić information content (AvgIpc) is 3.92. The first-order valence-electron chi connectivity index (χ1n) is 17.9. The van der Waals surface area contributed by atoms with E-state index in [0.717, 1.165) is 5.56 Å². The van der Waals surface area contributed by atoms with E-state index in [1.54, 1.807) is 30.4 Å².